The second-order valence-corrected chi connectivity index (χ2v) is 4.46. The number of para-hydroxylation sites is 1. The van der Waals surface area contributed by atoms with Crippen molar-refractivity contribution in [1.29, 1.82) is 0 Å². The molecule has 0 aliphatic rings. The van der Waals surface area contributed by atoms with Gasteiger partial charge in [-0.05, 0) is 26.0 Å². The normalized spacial score (nSPS) is 13.8. The maximum Gasteiger partial charge on any atom is 0.261 e. The fourth-order valence-corrected chi connectivity index (χ4v) is 1.62. The Kier molecular flexibility index (Phi) is 5.95. The van der Waals surface area contributed by atoms with Crippen LogP contribution in [0.3, 0.4) is 0 Å². The number of hydrogen-bond donors (Lipinski definition) is 1. The lowest BCUT2D eigenvalue weighted by atomic mass is 10.3. The molecule has 0 unspecified atom stereocenters. The first-order valence-electron chi connectivity index (χ1n) is 5.75. The van der Waals surface area contributed by atoms with Gasteiger partial charge in [0.2, 0.25) is 0 Å². The Morgan fingerprint density at radius 2 is 2.06 bits per heavy atom. The van der Waals surface area contributed by atoms with E-state index in [0.29, 0.717) is 17.4 Å². The Hall–Kier alpha value is -1.26. The van der Waals surface area contributed by atoms with Crippen LogP contribution in [0.25, 0.3) is 0 Å². The summed E-state index contributed by atoms with van der Waals surface area (Å²) in [4.78, 5) is 11.8. The van der Waals surface area contributed by atoms with Crippen molar-refractivity contribution in [2.45, 2.75) is 26.0 Å². The van der Waals surface area contributed by atoms with E-state index in [9.17, 15) is 4.79 Å². The quantitative estimate of drug-likeness (QED) is 0.863. The number of carbonyl (C=O) groups is 1. The number of hydrogen-bond acceptors (Lipinski definition) is 3. The molecule has 0 aliphatic heterocycles. The topological polar surface area (TPSA) is 47.6 Å². The lowest BCUT2D eigenvalue weighted by molar-refractivity contribution is -0.128. The highest BCUT2D eigenvalue weighted by Crippen LogP contribution is 2.24. The molecule has 4 nitrogen and oxygen atoms in total. The number of methoxy groups -OCH3 is 1. The van der Waals surface area contributed by atoms with Gasteiger partial charge in [-0.15, -0.1) is 0 Å². The lowest BCUT2D eigenvalue weighted by Crippen LogP contribution is -2.43. The van der Waals surface area contributed by atoms with Crippen LogP contribution in [0.2, 0.25) is 5.02 Å². The molecule has 0 bridgehead atoms. The van der Waals surface area contributed by atoms with Gasteiger partial charge in [-0.2, -0.15) is 0 Å². The van der Waals surface area contributed by atoms with Crippen molar-refractivity contribution in [2.24, 2.45) is 0 Å². The highest BCUT2D eigenvalue weighted by molar-refractivity contribution is 6.32. The number of amides is 1. The van der Waals surface area contributed by atoms with Gasteiger partial charge in [-0.1, -0.05) is 23.7 Å². The Morgan fingerprint density at radius 3 is 2.67 bits per heavy atom. The molecule has 1 rings (SSSR count). The van der Waals surface area contributed by atoms with Gasteiger partial charge in [0.05, 0.1) is 11.6 Å². The van der Waals surface area contributed by atoms with Crippen LogP contribution < -0.4 is 10.1 Å². The van der Waals surface area contributed by atoms with Crippen molar-refractivity contribution in [1.82, 2.24) is 5.32 Å². The molecular weight excluding hydrogens is 254 g/mol. The van der Waals surface area contributed by atoms with Gasteiger partial charge in [0.25, 0.3) is 5.91 Å². The molecule has 1 N–H and O–H groups in total. The molecule has 0 radical (unpaired) electrons. The summed E-state index contributed by atoms with van der Waals surface area (Å²) in [5.41, 5.74) is 0. The molecule has 0 fully saturated rings. The summed E-state index contributed by atoms with van der Waals surface area (Å²) in [5.74, 6) is 0.306. The van der Waals surface area contributed by atoms with Gasteiger partial charge in [0.15, 0.2) is 6.10 Å². The summed E-state index contributed by atoms with van der Waals surface area (Å²) in [5, 5.41) is 3.28. The third-order valence-electron chi connectivity index (χ3n) is 2.31. The average Bonchev–Trinajstić information content (AvgIpc) is 2.32. The van der Waals surface area contributed by atoms with Crippen LogP contribution in [0.1, 0.15) is 13.8 Å². The molecule has 18 heavy (non-hydrogen) atoms. The summed E-state index contributed by atoms with van der Waals surface area (Å²) >= 11 is 5.95. The zero-order chi connectivity index (χ0) is 13.5. The minimum absolute atomic E-state index is 0.0557. The summed E-state index contributed by atoms with van der Waals surface area (Å²) in [7, 11) is 1.59. The minimum atomic E-state index is -0.607. The monoisotopic (exact) mass is 271 g/mol. The summed E-state index contributed by atoms with van der Waals surface area (Å²) in [6, 6.07) is 7.00. The first-order chi connectivity index (χ1) is 8.54. The molecule has 0 saturated carbocycles. The molecule has 100 valence electrons. The molecule has 5 heteroatoms. The van der Waals surface area contributed by atoms with Crippen molar-refractivity contribution in [3.63, 3.8) is 0 Å². The molecule has 2 atom stereocenters. The molecule has 0 spiro atoms. The molecule has 1 aromatic carbocycles. The Bertz CT molecular complexity index is 398. The van der Waals surface area contributed by atoms with Crippen LogP contribution in [-0.2, 0) is 9.53 Å². The van der Waals surface area contributed by atoms with Gasteiger partial charge < -0.3 is 14.8 Å². The summed E-state index contributed by atoms with van der Waals surface area (Å²) in [6.45, 7) is 4.01. The van der Waals surface area contributed by atoms with Crippen LogP contribution >= 0.6 is 11.6 Å². The molecule has 0 saturated heterocycles. The smallest absolute Gasteiger partial charge is 0.261 e. The van der Waals surface area contributed by atoms with E-state index in [2.05, 4.69) is 5.32 Å². The van der Waals surface area contributed by atoms with Crippen LogP contribution in [0.15, 0.2) is 24.3 Å². The van der Waals surface area contributed by atoms with E-state index >= 15 is 0 Å². The summed E-state index contributed by atoms with van der Waals surface area (Å²) in [6.07, 6.45) is -0.607. The van der Waals surface area contributed by atoms with E-state index in [1.54, 1.807) is 38.3 Å². The number of benzene rings is 1. The third kappa shape index (κ3) is 4.55. The van der Waals surface area contributed by atoms with Crippen molar-refractivity contribution >= 4 is 17.5 Å². The van der Waals surface area contributed by atoms with Gasteiger partial charge in [0.1, 0.15) is 5.75 Å². The second-order valence-electron chi connectivity index (χ2n) is 4.06. The zero-order valence-electron chi connectivity index (χ0n) is 10.8. The lowest BCUT2D eigenvalue weighted by Gasteiger charge is -2.18. The van der Waals surface area contributed by atoms with Gasteiger partial charge >= 0.3 is 0 Å². The number of rotatable bonds is 6. The highest BCUT2D eigenvalue weighted by Gasteiger charge is 2.17. The number of ether oxygens (including phenoxy) is 2. The van der Waals surface area contributed by atoms with Crippen molar-refractivity contribution in [2.75, 3.05) is 13.7 Å². The van der Waals surface area contributed by atoms with Crippen LogP contribution in [0, 0.1) is 0 Å². The van der Waals surface area contributed by atoms with Crippen LogP contribution in [0.5, 0.6) is 5.75 Å². The fraction of sp³-hybridized carbons (Fsp3) is 0.462. The Labute approximate surface area is 112 Å². The average molecular weight is 272 g/mol. The SMILES string of the molecule is COC[C@H](C)NC(=O)[C@H](C)Oc1ccccc1Cl. The predicted octanol–water partition coefficient (Wildman–Crippen LogP) is 2.26. The van der Waals surface area contributed by atoms with Crippen LogP contribution in [-0.4, -0.2) is 31.8 Å². The molecule has 1 aromatic rings. The van der Waals surface area contributed by atoms with Gasteiger partial charge in [0, 0.05) is 13.2 Å². The Morgan fingerprint density at radius 1 is 1.39 bits per heavy atom. The minimum Gasteiger partial charge on any atom is -0.479 e. The molecule has 1 amide bonds. The molecule has 0 aromatic heterocycles. The first kappa shape index (κ1) is 14.8. The van der Waals surface area contributed by atoms with Gasteiger partial charge in [-0.3, -0.25) is 4.79 Å². The van der Waals surface area contributed by atoms with E-state index in [4.69, 9.17) is 21.1 Å². The molecule has 0 aliphatic carbocycles. The van der Waals surface area contributed by atoms with E-state index in [1.807, 2.05) is 6.92 Å². The second kappa shape index (κ2) is 7.24. The van der Waals surface area contributed by atoms with E-state index in [1.165, 1.54) is 0 Å². The molecular formula is C13H18ClNO3. The summed E-state index contributed by atoms with van der Waals surface area (Å²) < 4.78 is 10.4. The number of nitrogens with one attached hydrogen (secondary N) is 1. The largest absolute Gasteiger partial charge is 0.479 e. The van der Waals surface area contributed by atoms with Crippen molar-refractivity contribution < 1.29 is 14.3 Å². The third-order valence-corrected chi connectivity index (χ3v) is 2.63. The van der Waals surface area contributed by atoms with E-state index in [0.717, 1.165) is 0 Å². The molecule has 0 heterocycles. The van der Waals surface area contributed by atoms with Crippen LogP contribution in [0.4, 0.5) is 0 Å². The predicted molar refractivity (Wildman–Crippen MR) is 71.0 cm³/mol. The maximum atomic E-state index is 11.8. The maximum absolute atomic E-state index is 11.8. The first-order valence-corrected chi connectivity index (χ1v) is 6.13. The number of halogens is 1. The van der Waals surface area contributed by atoms with Crippen molar-refractivity contribution in [3.8, 4) is 5.75 Å². The highest BCUT2D eigenvalue weighted by atomic mass is 35.5. The fourth-order valence-electron chi connectivity index (χ4n) is 1.44. The van der Waals surface area contributed by atoms with Crippen molar-refractivity contribution in [3.05, 3.63) is 29.3 Å². The van der Waals surface area contributed by atoms with Gasteiger partial charge in [-0.25, -0.2) is 0 Å². The number of carbonyl (C=O) groups excluding carboxylic acids is 1. The Balaban J connectivity index is 2.52. The zero-order valence-corrected chi connectivity index (χ0v) is 11.5. The van der Waals surface area contributed by atoms with E-state index < -0.39 is 6.10 Å². The van der Waals surface area contributed by atoms with E-state index in [-0.39, 0.29) is 11.9 Å². The standard InChI is InChI=1S/C13H18ClNO3/c1-9(8-17-3)15-13(16)10(2)18-12-7-5-4-6-11(12)14/h4-7,9-10H,8H2,1-3H3,(H,15,16)/t9-,10-/m0/s1.